The van der Waals surface area contributed by atoms with Gasteiger partial charge in [0.1, 0.15) is 5.78 Å². The molecule has 0 aromatic heterocycles. The van der Waals surface area contributed by atoms with Gasteiger partial charge < -0.3 is 10.8 Å². The van der Waals surface area contributed by atoms with Gasteiger partial charge >= 0.3 is 5.97 Å². The van der Waals surface area contributed by atoms with E-state index < -0.39 is 35.5 Å². The molecule has 2 aliphatic carbocycles. The van der Waals surface area contributed by atoms with E-state index in [1.165, 1.54) is 0 Å². The Morgan fingerprint density at radius 2 is 1.71 bits per heavy atom. The lowest BCUT2D eigenvalue weighted by molar-refractivity contribution is -0.147. The van der Waals surface area contributed by atoms with Gasteiger partial charge in [0.25, 0.3) is 0 Å². The van der Waals surface area contributed by atoms with Crippen molar-refractivity contribution in [2.24, 2.45) is 29.4 Å². The zero-order chi connectivity index (χ0) is 10.5. The van der Waals surface area contributed by atoms with Crippen LogP contribution < -0.4 is 5.73 Å². The second-order valence-corrected chi connectivity index (χ2v) is 3.63. The maximum Gasteiger partial charge on any atom is 0.308 e. The van der Waals surface area contributed by atoms with Crippen LogP contribution in [-0.2, 0) is 14.4 Å². The summed E-state index contributed by atoms with van der Waals surface area (Å²) in [5, 5.41) is 8.88. The van der Waals surface area contributed by atoms with E-state index in [0.717, 1.165) is 0 Å². The van der Waals surface area contributed by atoms with E-state index >= 15 is 0 Å². The minimum Gasteiger partial charge on any atom is -0.481 e. The van der Waals surface area contributed by atoms with Crippen LogP contribution in [0.5, 0.6) is 0 Å². The van der Waals surface area contributed by atoms with Crippen LogP contribution in [0, 0.1) is 23.7 Å². The molecule has 0 spiro atoms. The molecule has 2 bridgehead atoms. The van der Waals surface area contributed by atoms with Crippen LogP contribution in [0.15, 0.2) is 12.2 Å². The van der Waals surface area contributed by atoms with Crippen LogP contribution in [0.4, 0.5) is 0 Å². The van der Waals surface area contributed by atoms with Gasteiger partial charge in [-0.2, -0.15) is 0 Å². The molecule has 0 heterocycles. The molecule has 74 valence electrons. The summed E-state index contributed by atoms with van der Waals surface area (Å²) in [6.45, 7) is 0. The van der Waals surface area contributed by atoms with Crippen LogP contribution in [0.1, 0.15) is 0 Å². The van der Waals surface area contributed by atoms with Crippen molar-refractivity contribution in [1.29, 1.82) is 0 Å². The Hall–Kier alpha value is -1.65. The van der Waals surface area contributed by atoms with E-state index in [2.05, 4.69) is 0 Å². The quantitative estimate of drug-likeness (QED) is 0.562. The number of aliphatic carboxylic acids is 1. The molecule has 0 aliphatic heterocycles. The molecule has 2 aliphatic rings. The summed E-state index contributed by atoms with van der Waals surface area (Å²) in [6.07, 6.45) is 3.15. The van der Waals surface area contributed by atoms with Gasteiger partial charge in [-0.25, -0.2) is 0 Å². The molecule has 4 atom stereocenters. The van der Waals surface area contributed by atoms with Crippen molar-refractivity contribution in [3.8, 4) is 0 Å². The molecule has 1 amide bonds. The molecule has 5 nitrogen and oxygen atoms in total. The number of primary amides is 1. The largest absolute Gasteiger partial charge is 0.481 e. The third kappa shape index (κ3) is 0.921. The first-order chi connectivity index (χ1) is 6.54. The minimum absolute atomic E-state index is 0.193. The summed E-state index contributed by atoms with van der Waals surface area (Å²) >= 11 is 0. The zero-order valence-electron chi connectivity index (χ0n) is 7.21. The first kappa shape index (κ1) is 8.93. The van der Waals surface area contributed by atoms with Crippen LogP contribution in [0.25, 0.3) is 0 Å². The molecule has 0 aromatic carbocycles. The fourth-order valence-electron chi connectivity index (χ4n) is 2.35. The van der Waals surface area contributed by atoms with Gasteiger partial charge in [-0.3, -0.25) is 14.4 Å². The Morgan fingerprint density at radius 3 is 2.07 bits per heavy atom. The number of rotatable bonds is 2. The smallest absolute Gasteiger partial charge is 0.308 e. The standard InChI is InChI=1S/C9H9NO4/c10-8(12)5-3-1-2-4(7(3)11)6(5)9(13)14/h1-6H,(H2,10,12)(H,13,14). The number of nitrogens with two attached hydrogens (primary N) is 1. The fourth-order valence-corrected chi connectivity index (χ4v) is 2.35. The number of carbonyl (C=O) groups excluding carboxylic acids is 2. The normalized spacial score (nSPS) is 39.0. The predicted molar refractivity (Wildman–Crippen MR) is 44.9 cm³/mol. The maximum atomic E-state index is 11.5. The number of Topliss-reactive ketones (excluding diaryl/α,β-unsaturated/α-hetero) is 1. The average molecular weight is 195 g/mol. The van der Waals surface area contributed by atoms with E-state index in [0.29, 0.717) is 0 Å². The third-order valence-corrected chi connectivity index (χ3v) is 2.96. The number of carboxylic acid groups (broad SMARTS) is 1. The molecule has 0 aromatic rings. The molecule has 3 N–H and O–H groups in total. The molecule has 5 heteroatoms. The first-order valence-corrected chi connectivity index (χ1v) is 4.28. The van der Waals surface area contributed by atoms with Gasteiger partial charge in [-0.15, -0.1) is 0 Å². The van der Waals surface area contributed by atoms with Gasteiger partial charge in [-0.1, -0.05) is 12.2 Å². The molecule has 1 fully saturated rings. The highest BCUT2D eigenvalue weighted by atomic mass is 16.4. The number of hydrogen-bond acceptors (Lipinski definition) is 3. The Balaban J connectivity index is 2.41. The molecule has 0 radical (unpaired) electrons. The molecule has 1 saturated carbocycles. The van der Waals surface area contributed by atoms with Crippen LogP contribution in [-0.4, -0.2) is 22.8 Å². The topological polar surface area (TPSA) is 97.5 Å². The van der Waals surface area contributed by atoms with Crippen molar-refractivity contribution >= 4 is 17.7 Å². The van der Waals surface area contributed by atoms with E-state index in [1.807, 2.05) is 0 Å². The van der Waals surface area contributed by atoms with Gasteiger partial charge in [-0.05, 0) is 0 Å². The van der Waals surface area contributed by atoms with Crippen LogP contribution in [0.2, 0.25) is 0 Å². The van der Waals surface area contributed by atoms with Crippen molar-refractivity contribution in [1.82, 2.24) is 0 Å². The summed E-state index contributed by atoms with van der Waals surface area (Å²) in [4.78, 5) is 33.3. The van der Waals surface area contributed by atoms with Gasteiger partial charge in [0.15, 0.2) is 0 Å². The maximum absolute atomic E-state index is 11.5. The predicted octanol–water partition coefficient (Wildman–Crippen LogP) is -0.826. The second-order valence-electron chi connectivity index (χ2n) is 3.63. The van der Waals surface area contributed by atoms with Crippen molar-refractivity contribution in [3.63, 3.8) is 0 Å². The molecule has 0 saturated heterocycles. The van der Waals surface area contributed by atoms with Crippen LogP contribution >= 0.6 is 0 Å². The number of ketones is 1. The summed E-state index contributed by atoms with van der Waals surface area (Å²) in [5.74, 6) is -5.12. The molecular weight excluding hydrogens is 186 g/mol. The van der Waals surface area contributed by atoms with Crippen molar-refractivity contribution in [2.75, 3.05) is 0 Å². The highest BCUT2D eigenvalue weighted by Crippen LogP contribution is 2.45. The summed E-state index contributed by atoms with van der Waals surface area (Å²) in [6, 6.07) is 0. The van der Waals surface area contributed by atoms with Crippen molar-refractivity contribution in [2.45, 2.75) is 0 Å². The Morgan fingerprint density at radius 1 is 1.21 bits per heavy atom. The van der Waals surface area contributed by atoms with Gasteiger partial charge in [0, 0.05) is 5.92 Å². The highest BCUT2D eigenvalue weighted by molar-refractivity contribution is 6.02. The number of carbonyl (C=O) groups is 3. The molecule has 4 unspecified atom stereocenters. The lowest BCUT2D eigenvalue weighted by Crippen LogP contribution is -2.36. The Labute approximate surface area is 79.6 Å². The van der Waals surface area contributed by atoms with E-state index in [-0.39, 0.29) is 5.78 Å². The summed E-state index contributed by atoms with van der Waals surface area (Å²) < 4.78 is 0. The number of fused-ring (bicyclic) bond motifs is 2. The summed E-state index contributed by atoms with van der Waals surface area (Å²) in [5.41, 5.74) is 5.09. The van der Waals surface area contributed by atoms with Crippen molar-refractivity contribution < 1.29 is 19.5 Å². The number of hydrogen-bond donors (Lipinski definition) is 2. The molecule has 14 heavy (non-hydrogen) atoms. The lowest BCUT2D eigenvalue weighted by atomic mass is 9.83. The molecular formula is C9H9NO4. The van der Waals surface area contributed by atoms with Crippen LogP contribution in [0.3, 0.4) is 0 Å². The monoisotopic (exact) mass is 195 g/mol. The minimum atomic E-state index is -1.13. The highest BCUT2D eigenvalue weighted by Gasteiger charge is 2.56. The number of allylic oxidation sites excluding steroid dienone is 2. The zero-order valence-corrected chi connectivity index (χ0v) is 7.21. The Kier molecular flexibility index (Phi) is 1.70. The SMILES string of the molecule is NC(=O)C1C2C=CC(C2=O)C1C(=O)O. The third-order valence-electron chi connectivity index (χ3n) is 2.96. The lowest BCUT2D eigenvalue weighted by Gasteiger charge is -2.19. The van der Waals surface area contributed by atoms with Crippen molar-refractivity contribution in [3.05, 3.63) is 12.2 Å². The average Bonchev–Trinajstić information content (AvgIpc) is 2.58. The molecule has 2 rings (SSSR count). The van der Waals surface area contributed by atoms with Gasteiger partial charge in [0.05, 0.1) is 17.8 Å². The second kappa shape index (κ2) is 2.67. The number of amides is 1. The van der Waals surface area contributed by atoms with E-state index in [1.54, 1.807) is 12.2 Å². The fraction of sp³-hybridized carbons (Fsp3) is 0.444. The number of carboxylic acids is 1. The first-order valence-electron chi connectivity index (χ1n) is 4.28. The van der Waals surface area contributed by atoms with Gasteiger partial charge in [0.2, 0.25) is 5.91 Å². The Bertz CT molecular complexity index is 328. The summed E-state index contributed by atoms with van der Waals surface area (Å²) in [7, 11) is 0. The van der Waals surface area contributed by atoms with E-state index in [9.17, 15) is 14.4 Å². The van der Waals surface area contributed by atoms with E-state index in [4.69, 9.17) is 10.8 Å².